The highest BCUT2D eigenvalue weighted by molar-refractivity contribution is 6.30. The first-order valence-corrected chi connectivity index (χ1v) is 9.61. The molecule has 5 nitrogen and oxygen atoms in total. The van der Waals surface area contributed by atoms with Crippen LogP contribution in [-0.2, 0) is 4.79 Å². The molecule has 144 valence electrons. The van der Waals surface area contributed by atoms with E-state index in [1.165, 1.54) is 0 Å². The van der Waals surface area contributed by atoms with Crippen molar-refractivity contribution in [3.8, 4) is 11.3 Å². The Morgan fingerprint density at radius 3 is 2.54 bits per heavy atom. The monoisotopic (exact) mass is 395 g/mol. The minimum Gasteiger partial charge on any atom is -0.354 e. The highest BCUT2D eigenvalue weighted by Gasteiger charge is 2.19. The van der Waals surface area contributed by atoms with Gasteiger partial charge in [-0.25, -0.2) is 4.98 Å². The molecule has 0 aliphatic rings. The van der Waals surface area contributed by atoms with Crippen LogP contribution in [0.3, 0.4) is 0 Å². The van der Waals surface area contributed by atoms with Crippen LogP contribution in [0.4, 0.5) is 0 Å². The first-order valence-electron chi connectivity index (χ1n) is 9.24. The van der Waals surface area contributed by atoms with Gasteiger partial charge in [0.15, 0.2) is 0 Å². The van der Waals surface area contributed by atoms with Crippen LogP contribution in [0.25, 0.3) is 22.2 Å². The Morgan fingerprint density at radius 2 is 1.82 bits per heavy atom. The molecule has 0 spiro atoms. The Hall–Kier alpha value is -2.92. The van der Waals surface area contributed by atoms with E-state index in [-0.39, 0.29) is 11.8 Å². The van der Waals surface area contributed by atoms with Crippen LogP contribution >= 0.6 is 11.6 Å². The van der Waals surface area contributed by atoms with Gasteiger partial charge >= 0.3 is 0 Å². The molecule has 0 unspecified atom stereocenters. The molecule has 0 saturated carbocycles. The number of nitrogens with one attached hydrogen (secondary N) is 2. The Labute approximate surface area is 169 Å². The number of fused-ring (bicyclic) bond motifs is 1. The summed E-state index contributed by atoms with van der Waals surface area (Å²) in [5, 5.41) is 6.94. The quantitative estimate of drug-likeness (QED) is 0.657. The van der Waals surface area contributed by atoms with Crippen LogP contribution in [0.15, 0.2) is 54.6 Å². The summed E-state index contributed by atoms with van der Waals surface area (Å²) in [6.07, 6.45) is 0.839. The van der Waals surface area contributed by atoms with E-state index in [0.29, 0.717) is 28.3 Å². The zero-order chi connectivity index (χ0) is 20.1. The van der Waals surface area contributed by atoms with E-state index in [1.54, 1.807) is 25.1 Å². The van der Waals surface area contributed by atoms with Gasteiger partial charge in [0, 0.05) is 22.5 Å². The molecule has 28 heavy (non-hydrogen) atoms. The maximum atomic E-state index is 12.9. The van der Waals surface area contributed by atoms with Crippen molar-refractivity contribution in [2.75, 3.05) is 6.54 Å². The molecule has 1 atom stereocenters. The fourth-order valence-corrected chi connectivity index (χ4v) is 3.00. The standard InChI is InChI=1S/C22H22ClN3O2/c1-3-12-24-21(27)14(2)25-22(28)18-13-20(15-8-10-16(23)11-9-15)26-19-7-5-4-6-17(18)19/h4-11,13-14H,3,12H2,1-2H3,(H,24,27)(H,25,28)/t14-/m0/s1. The lowest BCUT2D eigenvalue weighted by molar-refractivity contribution is -0.122. The van der Waals surface area contributed by atoms with E-state index in [0.717, 1.165) is 17.4 Å². The topological polar surface area (TPSA) is 71.1 Å². The van der Waals surface area contributed by atoms with Gasteiger partial charge in [-0.3, -0.25) is 9.59 Å². The van der Waals surface area contributed by atoms with Crippen molar-refractivity contribution in [1.82, 2.24) is 15.6 Å². The van der Waals surface area contributed by atoms with Gasteiger partial charge in [-0.2, -0.15) is 0 Å². The molecule has 0 fully saturated rings. The number of nitrogens with zero attached hydrogens (tertiary/aromatic N) is 1. The van der Waals surface area contributed by atoms with Crippen molar-refractivity contribution in [1.29, 1.82) is 0 Å². The average molecular weight is 396 g/mol. The van der Waals surface area contributed by atoms with E-state index in [4.69, 9.17) is 11.6 Å². The summed E-state index contributed by atoms with van der Waals surface area (Å²) in [7, 11) is 0. The molecule has 0 aliphatic heterocycles. The van der Waals surface area contributed by atoms with E-state index < -0.39 is 6.04 Å². The number of rotatable bonds is 6. The number of carbonyl (C=O) groups excluding carboxylic acids is 2. The van der Waals surface area contributed by atoms with Gasteiger partial charge < -0.3 is 10.6 Å². The smallest absolute Gasteiger partial charge is 0.252 e. The molecule has 0 bridgehead atoms. The molecule has 3 rings (SSSR count). The first-order chi connectivity index (χ1) is 13.5. The van der Waals surface area contributed by atoms with Crippen LogP contribution < -0.4 is 10.6 Å². The number of halogens is 1. The predicted octanol–water partition coefficient (Wildman–Crippen LogP) is 4.20. The van der Waals surface area contributed by atoms with E-state index in [2.05, 4.69) is 15.6 Å². The van der Waals surface area contributed by atoms with Crippen LogP contribution in [0.2, 0.25) is 5.02 Å². The van der Waals surface area contributed by atoms with Crippen molar-refractivity contribution in [3.05, 3.63) is 65.2 Å². The first kappa shape index (κ1) is 19.8. The molecule has 0 radical (unpaired) electrons. The van der Waals surface area contributed by atoms with Crippen molar-refractivity contribution >= 4 is 34.3 Å². The van der Waals surface area contributed by atoms with Crippen molar-refractivity contribution in [2.45, 2.75) is 26.3 Å². The summed E-state index contributed by atoms with van der Waals surface area (Å²) in [6, 6.07) is 15.9. The maximum Gasteiger partial charge on any atom is 0.252 e. The SMILES string of the molecule is CCCNC(=O)[C@H](C)NC(=O)c1cc(-c2ccc(Cl)cc2)nc2ccccc12. The van der Waals surface area contributed by atoms with E-state index in [9.17, 15) is 9.59 Å². The number of hydrogen-bond donors (Lipinski definition) is 2. The van der Waals surface area contributed by atoms with Crippen LogP contribution in [-0.4, -0.2) is 29.4 Å². The summed E-state index contributed by atoms with van der Waals surface area (Å²) < 4.78 is 0. The number of para-hydroxylation sites is 1. The Balaban J connectivity index is 1.96. The van der Waals surface area contributed by atoms with E-state index >= 15 is 0 Å². The predicted molar refractivity (Wildman–Crippen MR) is 112 cm³/mol. The summed E-state index contributed by atoms with van der Waals surface area (Å²) in [5.74, 6) is -0.514. The Morgan fingerprint density at radius 1 is 1.11 bits per heavy atom. The summed E-state index contributed by atoms with van der Waals surface area (Å²) in [4.78, 5) is 29.7. The second kappa shape index (κ2) is 8.85. The van der Waals surface area contributed by atoms with Crippen LogP contribution in [0.5, 0.6) is 0 Å². The summed E-state index contributed by atoms with van der Waals surface area (Å²) in [6.45, 7) is 4.23. The minimum atomic E-state index is -0.634. The zero-order valence-electron chi connectivity index (χ0n) is 15.8. The van der Waals surface area contributed by atoms with Gasteiger partial charge in [-0.1, -0.05) is 48.9 Å². The molecule has 0 aliphatic carbocycles. The molecular formula is C22H22ClN3O2. The molecule has 1 heterocycles. The molecule has 2 amide bonds. The number of hydrogen-bond acceptors (Lipinski definition) is 3. The number of carbonyl (C=O) groups is 2. The molecule has 6 heteroatoms. The lowest BCUT2D eigenvalue weighted by Gasteiger charge is -2.15. The zero-order valence-corrected chi connectivity index (χ0v) is 16.6. The van der Waals surface area contributed by atoms with Gasteiger partial charge in [0.2, 0.25) is 5.91 Å². The average Bonchev–Trinajstić information content (AvgIpc) is 2.71. The lowest BCUT2D eigenvalue weighted by Crippen LogP contribution is -2.45. The summed E-state index contributed by atoms with van der Waals surface area (Å²) in [5.41, 5.74) is 2.72. The largest absolute Gasteiger partial charge is 0.354 e. The van der Waals surface area contributed by atoms with Crippen molar-refractivity contribution in [2.24, 2.45) is 0 Å². The second-order valence-corrected chi connectivity index (χ2v) is 7.00. The molecule has 1 aromatic heterocycles. The normalized spacial score (nSPS) is 11.8. The highest BCUT2D eigenvalue weighted by atomic mass is 35.5. The fraction of sp³-hybridized carbons (Fsp3) is 0.227. The molecular weight excluding hydrogens is 374 g/mol. The van der Waals surface area contributed by atoms with Crippen LogP contribution in [0.1, 0.15) is 30.6 Å². The minimum absolute atomic E-state index is 0.202. The lowest BCUT2D eigenvalue weighted by atomic mass is 10.0. The molecule has 0 saturated heterocycles. The fourth-order valence-electron chi connectivity index (χ4n) is 2.87. The van der Waals surface area contributed by atoms with Crippen molar-refractivity contribution < 1.29 is 9.59 Å². The van der Waals surface area contributed by atoms with Gasteiger partial charge in [0.1, 0.15) is 6.04 Å². The number of aromatic nitrogens is 1. The molecule has 2 aromatic carbocycles. The van der Waals surface area contributed by atoms with E-state index in [1.807, 2.05) is 43.3 Å². The van der Waals surface area contributed by atoms with Gasteiger partial charge in [-0.05, 0) is 37.6 Å². The number of pyridine rings is 1. The maximum absolute atomic E-state index is 12.9. The summed E-state index contributed by atoms with van der Waals surface area (Å²) >= 11 is 5.98. The number of amides is 2. The van der Waals surface area contributed by atoms with Gasteiger partial charge in [0.25, 0.3) is 5.91 Å². The molecule has 3 aromatic rings. The Kier molecular flexibility index (Phi) is 6.26. The van der Waals surface area contributed by atoms with Gasteiger partial charge in [0.05, 0.1) is 16.8 Å². The van der Waals surface area contributed by atoms with Crippen molar-refractivity contribution in [3.63, 3.8) is 0 Å². The molecule has 2 N–H and O–H groups in total. The second-order valence-electron chi connectivity index (χ2n) is 6.57. The number of benzene rings is 2. The third-order valence-electron chi connectivity index (χ3n) is 4.39. The Bertz CT molecular complexity index is 1000. The third kappa shape index (κ3) is 4.49. The van der Waals surface area contributed by atoms with Gasteiger partial charge in [-0.15, -0.1) is 0 Å². The van der Waals surface area contributed by atoms with Crippen LogP contribution in [0, 0.1) is 0 Å². The third-order valence-corrected chi connectivity index (χ3v) is 4.64. The highest BCUT2D eigenvalue weighted by Crippen LogP contribution is 2.26.